The van der Waals surface area contributed by atoms with E-state index in [-0.39, 0.29) is 22.0 Å². The molecule has 21 heavy (non-hydrogen) atoms. The number of thioether (sulfide) groups is 1. The van der Waals surface area contributed by atoms with Gasteiger partial charge in [0.05, 0.1) is 5.69 Å². The summed E-state index contributed by atoms with van der Waals surface area (Å²) in [5, 5.41) is 3.12. The minimum Gasteiger partial charge on any atom is -0.459 e. The molecule has 1 N–H and O–H groups in total. The minimum atomic E-state index is -0.451. The molecule has 5 nitrogen and oxygen atoms in total. The fourth-order valence-corrected chi connectivity index (χ4v) is 3.28. The summed E-state index contributed by atoms with van der Waals surface area (Å²) >= 11 is 1.16. The highest BCUT2D eigenvalue weighted by atomic mass is 32.2. The van der Waals surface area contributed by atoms with Crippen LogP contribution in [0.4, 0.5) is 14.9 Å². The number of nitrogens with zero attached hydrogens (tertiary/aromatic N) is 1. The molecular weight excluding hydrogens is 295 g/mol. The van der Waals surface area contributed by atoms with Crippen molar-refractivity contribution in [1.29, 1.82) is 0 Å². The van der Waals surface area contributed by atoms with Gasteiger partial charge in [-0.05, 0) is 12.1 Å². The number of rotatable bonds is 3. The van der Waals surface area contributed by atoms with Crippen LogP contribution in [-0.4, -0.2) is 29.5 Å². The first kappa shape index (κ1) is 13.9. The zero-order chi connectivity index (χ0) is 15.0. The summed E-state index contributed by atoms with van der Waals surface area (Å²) < 4.78 is 18.8. The van der Waals surface area contributed by atoms with Crippen LogP contribution in [0.25, 0.3) is 11.0 Å². The van der Waals surface area contributed by atoms with Crippen molar-refractivity contribution in [2.75, 3.05) is 18.0 Å². The number of amides is 2. The van der Waals surface area contributed by atoms with Crippen molar-refractivity contribution in [3.05, 3.63) is 30.3 Å². The SMILES string of the molecule is CC(=O)NC[C@H]1CN(c2coc3c(F)cccc23)C(=O)S1. The van der Waals surface area contributed by atoms with E-state index < -0.39 is 5.82 Å². The molecule has 1 aromatic heterocycles. The molecule has 7 heteroatoms. The summed E-state index contributed by atoms with van der Waals surface area (Å²) in [5.74, 6) is -0.579. The lowest BCUT2D eigenvalue weighted by atomic mass is 10.2. The predicted molar refractivity (Wildman–Crippen MR) is 79.0 cm³/mol. The standard InChI is InChI=1S/C14H13FN2O3S/c1-8(18)16-5-9-6-17(14(19)21-9)12-7-20-13-10(12)3-2-4-11(13)15/h2-4,7,9H,5-6H2,1H3,(H,16,18)/t9-/m0/s1. The number of halogens is 1. The molecule has 1 saturated heterocycles. The Balaban J connectivity index is 1.84. The van der Waals surface area contributed by atoms with E-state index in [1.54, 1.807) is 17.0 Å². The molecule has 1 aliphatic heterocycles. The number of furan rings is 1. The number of anilines is 1. The van der Waals surface area contributed by atoms with E-state index in [0.29, 0.717) is 24.2 Å². The first-order valence-electron chi connectivity index (χ1n) is 6.44. The van der Waals surface area contributed by atoms with Gasteiger partial charge in [-0.1, -0.05) is 17.8 Å². The van der Waals surface area contributed by atoms with Crippen LogP contribution in [0.1, 0.15) is 6.92 Å². The normalized spacial score (nSPS) is 18.5. The lowest BCUT2D eigenvalue weighted by molar-refractivity contribution is -0.118. The molecular formula is C14H13FN2O3S. The van der Waals surface area contributed by atoms with E-state index in [1.165, 1.54) is 19.3 Å². The van der Waals surface area contributed by atoms with Crippen LogP contribution < -0.4 is 10.2 Å². The zero-order valence-electron chi connectivity index (χ0n) is 11.3. The Morgan fingerprint density at radius 1 is 1.57 bits per heavy atom. The third kappa shape index (κ3) is 2.61. The highest BCUT2D eigenvalue weighted by molar-refractivity contribution is 8.14. The van der Waals surface area contributed by atoms with Crippen molar-refractivity contribution in [2.45, 2.75) is 12.2 Å². The van der Waals surface area contributed by atoms with E-state index in [4.69, 9.17) is 4.42 Å². The maximum Gasteiger partial charge on any atom is 0.286 e. The van der Waals surface area contributed by atoms with Gasteiger partial charge in [0.2, 0.25) is 5.91 Å². The molecule has 0 radical (unpaired) electrons. The summed E-state index contributed by atoms with van der Waals surface area (Å²) in [4.78, 5) is 24.6. The Kier molecular flexibility index (Phi) is 3.59. The molecule has 0 bridgehead atoms. The highest BCUT2D eigenvalue weighted by Crippen LogP contribution is 2.36. The van der Waals surface area contributed by atoms with E-state index in [2.05, 4.69) is 5.32 Å². The molecule has 1 aliphatic rings. The van der Waals surface area contributed by atoms with Crippen LogP contribution in [0.3, 0.4) is 0 Å². The van der Waals surface area contributed by atoms with E-state index in [0.717, 1.165) is 11.8 Å². The molecule has 0 unspecified atom stereocenters. The number of carbonyl (C=O) groups is 2. The predicted octanol–water partition coefficient (Wildman–Crippen LogP) is 2.75. The number of hydrogen-bond acceptors (Lipinski definition) is 4. The topological polar surface area (TPSA) is 62.6 Å². The second-order valence-corrected chi connectivity index (χ2v) is 6.04. The van der Waals surface area contributed by atoms with Gasteiger partial charge < -0.3 is 9.73 Å². The maximum absolute atomic E-state index is 13.6. The summed E-state index contributed by atoms with van der Waals surface area (Å²) in [7, 11) is 0. The average Bonchev–Trinajstić information content (AvgIpc) is 3.01. The van der Waals surface area contributed by atoms with E-state index in [1.807, 2.05) is 0 Å². The fraction of sp³-hybridized carbons (Fsp3) is 0.286. The van der Waals surface area contributed by atoms with Gasteiger partial charge in [0.15, 0.2) is 11.4 Å². The second kappa shape index (κ2) is 5.40. The Labute approximate surface area is 124 Å². The molecule has 0 spiro atoms. The van der Waals surface area contributed by atoms with Gasteiger partial charge in [0, 0.05) is 30.6 Å². The van der Waals surface area contributed by atoms with Crippen molar-refractivity contribution in [3.63, 3.8) is 0 Å². The zero-order valence-corrected chi connectivity index (χ0v) is 12.1. The van der Waals surface area contributed by atoms with Crippen LogP contribution >= 0.6 is 11.8 Å². The Bertz CT molecular complexity index is 715. The summed E-state index contributed by atoms with van der Waals surface area (Å²) in [6, 6.07) is 4.62. The van der Waals surface area contributed by atoms with Crippen LogP contribution in [0.2, 0.25) is 0 Å². The highest BCUT2D eigenvalue weighted by Gasteiger charge is 2.33. The molecule has 110 valence electrons. The van der Waals surface area contributed by atoms with E-state index in [9.17, 15) is 14.0 Å². The van der Waals surface area contributed by atoms with Gasteiger partial charge in [-0.25, -0.2) is 4.39 Å². The quantitative estimate of drug-likeness (QED) is 0.947. The third-order valence-electron chi connectivity index (χ3n) is 3.27. The van der Waals surface area contributed by atoms with Gasteiger partial charge in [0.1, 0.15) is 6.26 Å². The van der Waals surface area contributed by atoms with Crippen LogP contribution in [0.5, 0.6) is 0 Å². The van der Waals surface area contributed by atoms with Crippen LogP contribution in [0, 0.1) is 5.82 Å². The number of carbonyl (C=O) groups excluding carboxylic acids is 2. The molecule has 1 aromatic carbocycles. The summed E-state index contributed by atoms with van der Waals surface area (Å²) in [6.45, 7) is 2.31. The minimum absolute atomic E-state index is 0.0279. The number of hydrogen-bond donors (Lipinski definition) is 1. The Hall–Kier alpha value is -2.02. The van der Waals surface area contributed by atoms with Gasteiger partial charge in [0.25, 0.3) is 5.24 Å². The number of para-hydroxylation sites is 1. The van der Waals surface area contributed by atoms with Gasteiger partial charge >= 0.3 is 0 Å². The number of nitrogens with one attached hydrogen (secondary N) is 1. The summed E-state index contributed by atoms with van der Waals surface area (Å²) in [6.07, 6.45) is 1.40. The smallest absolute Gasteiger partial charge is 0.286 e. The Morgan fingerprint density at radius 2 is 2.38 bits per heavy atom. The number of fused-ring (bicyclic) bond motifs is 1. The van der Waals surface area contributed by atoms with Crippen molar-refractivity contribution in [3.8, 4) is 0 Å². The number of benzene rings is 1. The molecule has 3 rings (SSSR count). The molecule has 2 heterocycles. The fourth-order valence-electron chi connectivity index (χ4n) is 2.30. The monoisotopic (exact) mass is 308 g/mol. The third-order valence-corrected chi connectivity index (χ3v) is 4.35. The van der Waals surface area contributed by atoms with Gasteiger partial charge in [-0.2, -0.15) is 0 Å². The van der Waals surface area contributed by atoms with Gasteiger partial charge in [-0.15, -0.1) is 0 Å². The molecule has 2 aromatic rings. The molecule has 0 saturated carbocycles. The first-order valence-corrected chi connectivity index (χ1v) is 7.32. The largest absolute Gasteiger partial charge is 0.459 e. The van der Waals surface area contributed by atoms with Crippen molar-refractivity contribution in [2.24, 2.45) is 0 Å². The Morgan fingerprint density at radius 3 is 3.14 bits per heavy atom. The second-order valence-electron chi connectivity index (χ2n) is 4.79. The summed E-state index contributed by atoms with van der Waals surface area (Å²) in [5.41, 5.74) is 0.711. The van der Waals surface area contributed by atoms with Gasteiger partial charge in [-0.3, -0.25) is 14.5 Å². The van der Waals surface area contributed by atoms with Crippen LogP contribution in [0.15, 0.2) is 28.9 Å². The lowest BCUT2D eigenvalue weighted by Gasteiger charge is -2.13. The average molecular weight is 308 g/mol. The molecule has 2 amide bonds. The molecule has 1 fully saturated rings. The maximum atomic E-state index is 13.6. The molecule has 0 aliphatic carbocycles. The van der Waals surface area contributed by atoms with Crippen molar-refractivity contribution in [1.82, 2.24) is 5.32 Å². The molecule has 1 atom stereocenters. The van der Waals surface area contributed by atoms with E-state index >= 15 is 0 Å². The lowest BCUT2D eigenvalue weighted by Crippen LogP contribution is -2.32. The first-order chi connectivity index (χ1) is 10.1. The van der Waals surface area contributed by atoms with Crippen molar-refractivity contribution >= 4 is 39.6 Å². The van der Waals surface area contributed by atoms with Crippen LogP contribution in [-0.2, 0) is 4.79 Å². The van der Waals surface area contributed by atoms with Crippen molar-refractivity contribution < 1.29 is 18.4 Å².